The molecule has 0 saturated carbocycles. The summed E-state index contributed by atoms with van der Waals surface area (Å²) < 4.78 is 16.2. The van der Waals surface area contributed by atoms with Crippen molar-refractivity contribution in [2.45, 2.75) is 19.3 Å². The van der Waals surface area contributed by atoms with Gasteiger partial charge in [0, 0.05) is 58.5 Å². The van der Waals surface area contributed by atoms with E-state index in [2.05, 4.69) is 207 Å². The van der Waals surface area contributed by atoms with Crippen molar-refractivity contribution in [3.8, 4) is 33.4 Å². The molecule has 0 aliphatic heterocycles. The average Bonchev–Trinajstić information content (AvgIpc) is 4.04. The largest absolute Gasteiger partial charge is 0.456 e. The van der Waals surface area contributed by atoms with Gasteiger partial charge in [-0.2, -0.15) is 0 Å². The molecule has 9 aromatic carbocycles. The van der Waals surface area contributed by atoms with E-state index < -0.39 is 0 Å². The first-order valence-electron chi connectivity index (χ1n) is 20.9. The summed E-state index contributed by atoms with van der Waals surface area (Å²) in [7, 11) is 0. The molecule has 288 valence electrons. The maximum absolute atomic E-state index is 7.04. The Hall–Kier alpha value is -7.40. The Labute approximate surface area is 356 Å². The number of fused-ring (bicyclic) bond motifs is 12. The summed E-state index contributed by atoms with van der Waals surface area (Å²) in [4.78, 5) is 2.37. The summed E-state index contributed by atoms with van der Waals surface area (Å²) >= 11 is 1.86. The molecule has 12 aromatic rings. The van der Waals surface area contributed by atoms with Gasteiger partial charge in [-0.3, -0.25) is 0 Å². The van der Waals surface area contributed by atoms with Crippen LogP contribution in [0.3, 0.4) is 0 Å². The highest BCUT2D eigenvalue weighted by atomic mass is 32.1. The fourth-order valence-electron chi connectivity index (χ4n) is 10.1. The standard InChI is InChI=1S/C57H37NO2S/c1-57(2)47-18-8-6-14-40(47)41-29-27-38(31-48(41)57)58(37-25-22-34(23-26-37)36-24-28-43-42-15-7-9-21-53(42)61-54(43)30-36)49-19-10-17-44-45-32-52-46(33-51(45)60-56(44)49)55-39(16-11-20-50(55)59-52)35-12-4-3-5-13-35/h3-33H,1-2H3. The van der Waals surface area contributed by atoms with Crippen molar-refractivity contribution in [3.63, 3.8) is 0 Å². The van der Waals surface area contributed by atoms with Gasteiger partial charge in [-0.1, -0.05) is 141 Å². The minimum atomic E-state index is -0.149. The molecule has 61 heavy (non-hydrogen) atoms. The monoisotopic (exact) mass is 799 g/mol. The summed E-state index contributed by atoms with van der Waals surface area (Å²) in [6, 6.07) is 68.1. The molecule has 0 amide bonds. The molecule has 3 nitrogen and oxygen atoms in total. The van der Waals surface area contributed by atoms with Crippen molar-refractivity contribution < 1.29 is 8.83 Å². The highest BCUT2D eigenvalue weighted by Crippen LogP contribution is 2.52. The van der Waals surface area contributed by atoms with Gasteiger partial charge in [0.05, 0.1) is 5.69 Å². The van der Waals surface area contributed by atoms with Gasteiger partial charge in [-0.25, -0.2) is 0 Å². The lowest BCUT2D eigenvalue weighted by molar-refractivity contribution is 0.660. The van der Waals surface area contributed by atoms with Gasteiger partial charge in [0.15, 0.2) is 5.58 Å². The highest BCUT2D eigenvalue weighted by molar-refractivity contribution is 7.25. The van der Waals surface area contributed by atoms with Gasteiger partial charge in [0.25, 0.3) is 0 Å². The first-order chi connectivity index (χ1) is 30.0. The normalized spacial score (nSPS) is 13.2. The molecule has 1 aliphatic carbocycles. The van der Waals surface area contributed by atoms with Crippen LogP contribution in [0.2, 0.25) is 0 Å². The van der Waals surface area contributed by atoms with Crippen LogP contribution in [0.4, 0.5) is 17.1 Å². The number of para-hydroxylation sites is 1. The summed E-state index contributed by atoms with van der Waals surface area (Å²) in [5, 5.41) is 6.85. The van der Waals surface area contributed by atoms with E-state index in [1.807, 2.05) is 11.3 Å². The molecule has 3 heterocycles. The average molecular weight is 800 g/mol. The quantitative estimate of drug-likeness (QED) is 0.174. The zero-order valence-electron chi connectivity index (χ0n) is 33.6. The minimum Gasteiger partial charge on any atom is -0.456 e. The lowest BCUT2D eigenvalue weighted by atomic mass is 9.82. The molecular formula is C57H37NO2S. The first-order valence-corrected chi connectivity index (χ1v) is 21.7. The Morgan fingerprint density at radius 2 is 1.10 bits per heavy atom. The van der Waals surface area contributed by atoms with Gasteiger partial charge in [0.1, 0.15) is 16.7 Å². The summed E-state index contributed by atoms with van der Waals surface area (Å²) in [5.74, 6) is 0. The van der Waals surface area contributed by atoms with E-state index in [9.17, 15) is 0 Å². The lowest BCUT2D eigenvalue weighted by Gasteiger charge is -2.28. The maximum Gasteiger partial charge on any atom is 0.159 e. The van der Waals surface area contributed by atoms with Gasteiger partial charge in [-0.05, 0) is 105 Å². The molecule has 0 atom stereocenters. The second-order valence-corrected chi connectivity index (χ2v) is 17.9. The van der Waals surface area contributed by atoms with Gasteiger partial charge in [0.2, 0.25) is 0 Å². The molecule has 0 radical (unpaired) electrons. The molecule has 0 fully saturated rings. The Morgan fingerprint density at radius 3 is 2.00 bits per heavy atom. The van der Waals surface area contributed by atoms with E-state index in [4.69, 9.17) is 8.83 Å². The smallest absolute Gasteiger partial charge is 0.159 e. The van der Waals surface area contributed by atoms with Crippen molar-refractivity contribution in [1.82, 2.24) is 0 Å². The number of nitrogens with zero attached hydrogens (tertiary/aromatic N) is 1. The summed E-state index contributed by atoms with van der Waals surface area (Å²) in [6.07, 6.45) is 0. The lowest BCUT2D eigenvalue weighted by Crippen LogP contribution is -2.16. The Kier molecular flexibility index (Phi) is 7.23. The van der Waals surface area contributed by atoms with Crippen molar-refractivity contribution in [2.24, 2.45) is 0 Å². The van der Waals surface area contributed by atoms with E-state index in [1.54, 1.807) is 0 Å². The van der Waals surface area contributed by atoms with Gasteiger partial charge >= 0.3 is 0 Å². The van der Waals surface area contributed by atoms with Crippen LogP contribution in [0, 0.1) is 0 Å². The van der Waals surface area contributed by atoms with Crippen LogP contribution in [-0.4, -0.2) is 0 Å². The molecule has 0 bridgehead atoms. The van der Waals surface area contributed by atoms with Crippen molar-refractivity contribution >= 4 is 92.4 Å². The molecule has 13 rings (SSSR count). The number of furan rings is 2. The number of benzene rings is 9. The van der Waals surface area contributed by atoms with E-state index >= 15 is 0 Å². The van der Waals surface area contributed by atoms with Crippen molar-refractivity contribution in [1.29, 1.82) is 0 Å². The molecule has 0 saturated heterocycles. The summed E-state index contributed by atoms with van der Waals surface area (Å²) in [5.41, 5.74) is 16.3. The molecule has 0 N–H and O–H groups in total. The zero-order chi connectivity index (χ0) is 40.4. The first kappa shape index (κ1) is 34.5. The van der Waals surface area contributed by atoms with Crippen LogP contribution < -0.4 is 4.90 Å². The van der Waals surface area contributed by atoms with Crippen molar-refractivity contribution in [2.75, 3.05) is 4.90 Å². The summed E-state index contributed by atoms with van der Waals surface area (Å²) in [6.45, 7) is 4.69. The molecule has 0 unspecified atom stereocenters. The molecule has 3 aromatic heterocycles. The van der Waals surface area contributed by atoms with Crippen LogP contribution in [0.15, 0.2) is 197 Å². The van der Waals surface area contributed by atoms with E-state index in [-0.39, 0.29) is 5.41 Å². The van der Waals surface area contributed by atoms with Crippen LogP contribution in [0.5, 0.6) is 0 Å². The fraction of sp³-hybridized carbons (Fsp3) is 0.0526. The van der Waals surface area contributed by atoms with E-state index in [1.165, 1.54) is 53.6 Å². The topological polar surface area (TPSA) is 29.5 Å². The number of hydrogen-bond acceptors (Lipinski definition) is 4. The molecule has 0 spiro atoms. The predicted octanol–water partition coefficient (Wildman–Crippen LogP) is 17.0. The highest BCUT2D eigenvalue weighted by Gasteiger charge is 2.36. The number of anilines is 3. The fourth-order valence-corrected chi connectivity index (χ4v) is 11.2. The van der Waals surface area contributed by atoms with E-state index in [0.717, 1.165) is 72.1 Å². The van der Waals surface area contributed by atoms with Gasteiger partial charge < -0.3 is 13.7 Å². The van der Waals surface area contributed by atoms with Crippen LogP contribution >= 0.6 is 11.3 Å². The van der Waals surface area contributed by atoms with Crippen LogP contribution in [-0.2, 0) is 5.41 Å². The van der Waals surface area contributed by atoms with Crippen LogP contribution in [0.25, 0.3) is 97.4 Å². The number of rotatable bonds is 5. The molecular weight excluding hydrogens is 763 g/mol. The van der Waals surface area contributed by atoms with Crippen LogP contribution in [0.1, 0.15) is 25.0 Å². The maximum atomic E-state index is 7.04. The number of hydrogen-bond donors (Lipinski definition) is 0. The SMILES string of the molecule is CC1(C)c2ccccc2-c2ccc(N(c3ccc(-c4ccc5c(c4)sc4ccccc45)cc3)c3cccc4c3oc3cc5c(cc34)oc3cccc(-c4ccccc4)c35)cc21. The Balaban J connectivity index is 0.990. The zero-order valence-corrected chi connectivity index (χ0v) is 34.4. The van der Waals surface area contributed by atoms with Gasteiger partial charge in [-0.15, -0.1) is 11.3 Å². The third-order valence-corrected chi connectivity index (χ3v) is 14.2. The minimum absolute atomic E-state index is 0.149. The molecule has 4 heteroatoms. The number of thiophene rings is 1. The predicted molar refractivity (Wildman–Crippen MR) is 257 cm³/mol. The van der Waals surface area contributed by atoms with Crippen molar-refractivity contribution in [3.05, 3.63) is 199 Å². The third-order valence-electron chi connectivity index (χ3n) is 13.1. The second kappa shape index (κ2) is 12.8. The third kappa shape index (κ3) is 5.09. The second-order valence-electron chi connectivity index (χ2n) is 16.8. The Morgan fingerprint density at radius 1 is 0.410 bits per heavy atom. The van der Waals surface area contributed by atoms with E-state index in [0.29, 0.717) is 0 Å². The Bertz CT molecular complexity index is 3740. The molecule has 1 aliphatic rings.